The third-order valence-corrected chi connectivity index (χ3v) is 4.33. The largest absolute Gasteiger partial charge is 0.316 e. The molecule has 0 saturated heterocycles. The molecule has 1 aliphatic rings. The van der Waals surface area contributed by atoms with Crippen LogP contribution in [0, 0.1) is 11.8 Å². The first kappa shape index (κ1) is 13.6. The summed E-state index contributed by atoms with van der Waals surface area (Å²) in [5, 5.41) is 3.70. The Labute approximate surface area is 112 Å². The highest BCUT2D eigenvalue weighted by atomic mass is 14.9. The van der Waals surface area contributed by atoms with Gasteiger partial charge in [-0.3, -0.25) is 0 Å². The summed E-state index contributed by atoms with van der Waals surface area (Å²) < 4.78 is 0. The van der Waals surface area contributed by atoms with Gasteiger partial charge >= 0.3 is 0 Å². The van der Waals surface area contributed by atoms with Crippen LogP contribution in [0.3, 0.4) is 0 Å². The summed E-state index contributed by atoms with van der Waals surface area (Å²) in [4.78, 5) is 0. The minimum Gasteiger partial charge on any atom is -0.316 e. The molecule has 1 fully saturated rings. The molecule has 1 saturated carbocycles. The molecule has 100 valence electrons. The van der Waals surface area contributed by atoms with Gasteiger partial charge in [-0.25, -0.2) is 0 Å². The summed E-state index contributed by atoms with van der Waals surface area (Å²) in [6, 6.07) is 11.1. The minimum atomic E-state index is 0.371. The summed E-state index contributed by atoms with van der Waals surface area (Å²) in [6.07, 6.45) is 4.06. The maximum absolute atomic E-state index is 3.70. The molecular weight excluding hydrogens is 218 g/mol. The van der Waals surface area contributed by atoms with Gasteiger partial charge in [-0.15, -0.1) is 0 Å². The van der Waals surface area contributed by atoms with E-state index in [-0.39, 0.29) is 0 Å². The second-order valence-electron chi connectivity index (χ2n) is 6.17. The Kier molecular flexibility index (Phi) is 4.45. The SMILES string of the molecule is CCC(CNCC(C)C)(c1ccccc1)C1CC1. The van der Waals surface area contributed by atoms with Crippen molar-refractivity contribution in [3.63, 3.8) is 0 Å². The van der Waals surface area contributed by atoms with E-state index in [4.69, 9.17) is 0 Å². The first-order valence-electron chi connectivity index (χ1n) is 7.45. The fourth-order valence-corrected chi connectivity index (χ4v) is 3.09. The summed E-state index contributed by atoms with van der Waals surface area (Å²) in [5.74, 6) is 1.62. The molecule has 1 heteroatoms. The van der Waals surface area contributed by atoms with Crippen LogP contribution in [-0.4, -0.2) is 13.1 Å². The van der Waals surface area contributed by atoms with Gasteiger partial charge in [0.25, 0.3) is 0 Å². The Morgan fingerprint density at radius 1 is 1.22 bits per heavy atom. The van der Waals surface area contributed by atoms with Crippen molar-refractivity contribution in [1.29, 1.82) is 0 Å². The molecule has 1 unspecified atom stereocenters. The van der Waals surface area contributed by atoms with Crippen LogP contribution in [0.2, 0.25) is 0 Å². The number of nitrogens with one attached hydrogen (secondary N) is 1. The predicted molar refractivity (Wildman–Crippen MR) is 78.8 cm³/mol. The van der Waals surface area contributed by atoms with Gasteiger partial charge in [0.1, 0.15) is 0 Å². The van der Waals surface area contributed by atoms with Crippen LogP contribution in [-0.2, 0) is 5.41 Å². The van der Waals surface area contributed by atoms with E-state index in [0.717, 1.165) is 24.9 Å². The zero-order valence-corrected chi connectivity index (χ0v) is 12.1. The Balaban J connectivity index is 2.12. The Hall–Kier alpha value is -0.820. The molecule has 1 aromatic carbocycles. The van der Waals surface area contributed by atoms with Crippen molar-refractivity contribution in [2.45, 2.75) is 45.4 Å². The van der Waals surface area contributed by atoms with E-state index in [0.29, 0.717) is 5.41 Å². The van der Waals surface area contributed by atoms with Crippen molar-refractivity contribution in [2.75, 3.05) is 13.1 Å². The van der Waals surface area contributed by atoms with Crippen molar-refractivity contribution in [3.8, 4) is 0 Å². The van der Waals surface area contributed by atoms with Gasteiger partial charge in [0.05, 0.1) is 0 Å². The van der Waals surface area contributed by atoms with Gasteiger partial charge in [-0.1, -0.05) is 51.1 Å². The lowest BCUT2D eigenvalue weighted by Gasteiger charge is -2.34. The average Bonchev–Trinajstić information content (AvgIpc) is 3.20. The zero-order chi connectivity index (χ0) is 13.0. The summed E-state index contributed by atoms with van der Waals surface area (Å²) in [7, 11) is 0. The highest BCUT2D eigenvalue weighted by Crippen LogP contribution is 2.49. The molecule has 0 heterocycles. The lowest BCUT2D eigenvalue weighted by atomic mass is 9.73. The van der Waals surface area contributed by atoms with E-state index in [1.807, 2.05) is 0 Å². The van der Waals surface area contributed by atoms with Crippen molar-refractivity contribution in [1.82, 2.24) is 5.32 Å². The molecule has 1 nitrogen and oxygen atoms in total. The molecule has 0 amide bonds. The molecule has 18 heavy (non-hydrogen) atoms. The van der Waals surface area contributed by atoms with E-state index in [9.17, 15) is 0 Å². The van der Waals surface area contributed by atoms with E-state index in [1.165, 1.54) is 24.8 Å². The topological polar surface area (TPSA) is 12.0 Å². The highest BCUT2D eigenvalue weighted by molar-refractivity contribution is 5.29. The quantitative estimate of drug-likeness (QED) is 0.766. The molecule has 1 aliphatic carbocycles. The summed E-state index contributed by atoms with van der Waals surface area (Å²) in [6.45, 7) is 9.17. The number of hydrogen-bond acceptors (Lipinski definition) is 1. The maximum Gasteiger partial charge on any atom is 0.0103 e. The Morgan fingerprint density at radius 2 is 1.89 bits per heavy atom. The van der Waals surface area contributed by atoms with Crippen molar-refractivity contribution < 1.29 is 0 Å². The maximum atomic E-state index is 3.70. The van der Waals surface area contributed by atoms with Crippen molar-refractivity contribution >= 4 is 0 Å². The van der Waals surface area contributed by atoms with Crippen molar-refractivity contribution in [3.05, 3.63) is 35.9 Å². The van der Waals surface area contributed by atoms with Gasteiger partial charge in [0.2, 0.25) is 0 Å². The molecule has 1 atom stereocenters. The van der Waals surface area contributed by atoms with Crippen LogP contribution in [0.15, 0.2) is 30.3 Å². The van der Waals surface area contributed by atoms with E-state index < -0.39 is 0 Å². The molecule has 1 aromatic rings. The number of benzene rings is 1. The van der Waals surface area contributed by atoms with E-state index in [1.54, 1.807) is 0 Å². The lowest BCUT2D eigenvalue weighted by Crippen LogP contribution is -2.41. The first-order valence-corrected chi connectivity index (χ1v) is 7.45. The van der Waals surface area contributed by atoms with Crippen molar-refractivity contribution in [2.24, 2.45) is 11.8 Å². The molecule has 0 aromatic heterocycles. The monoisotopic (exact) mass is 245 g/mol. The highest BCUT2D eigenvalue weighted by Gasteiger charge is 2.44. The molecule has 0 aliphatic heterocycles. The third kappa shape index (κ3) is 2.95. The number of rotatable bonds is 7. The van der Waals surface area contributed by atoms with Crippen LogP contribution >= 0.6 is 0 Å². The van der Waals surface area contributed by atoms with Gasteiger partial charge in [0.15, 0.2) is 0 Å². The van der Waals surface area contributed by atoms with Gasteiger partial charge < -0.3 is 5.32 Å². The minimum absolute atomic E-state index is 0.371. The van der Waals surface area contributed by atoms with Gasteiger partial charge in [-0.2, -0.15) is 0 Å². The average molecular weight is 245 g/mol. The summed E-state index contributed by atoms with van der Waals surface area (Å²) >= 11 is 0. The first-order chi connectivity index (χ1) is 8.69. The fraction of sp³-hybridized carbons (Fsp3) is 0.647. The third-order valence-electron chi connectivity index (χ3n) is 4.33. The smallest absolute Gasteiger partial charge is 0.0103 e. The second kappa shape index (κ2) is 5.88. The zero-order valence-electron chi connectivity index (χ0n) is 12.1. The Bertz CT molecular complexity index is 353. The fourth-order valence-electron chi connectivity index (χ4n) is 3.09. The molecular formula is C17H27N. The molecule has 2 rings (SSSR count). The van der Waals surface area contributed by atoms with E-state index in [2.05, 4.69) is 56.4 Å². The summed E-state index contributed by atoms with van der Waals surface area (Å²) in [5.41, 5.74) is 1.90. The predicted octanol–water partition coefficient (Wildman–Crippen LogP) is 3.99. The normalized spacial score (nSPS) is 18.9. The van der Waals surface area contributed by atoms with Gasteiger partial charge in [0, 0.05) is 12.0 Å². The van der Waals surface area contributed by atoms with Gasteiger partial charge in [-0.05, 0) is 43.2 Å². The molecule has 0 radical (unpaired) electrons. The number of hydrogen-bond donors (Lipinski definition) is 1. The Morgan fingerprint density at radius 3 is 2.39 bits per heavy atom. The molecule has 1 N–H and O–H groups in total. The van der Waals surface area contributed by atoms with Crippen LogP contribution in [0.25, 0.3) is 0 Å². The lowest BCUT2D eigenvalue weighted by molar-refractivity contribution is 0.326. The van der Waals surface area contributed by atoms with Crippen LogP contribution in [0.5, 0.6) is 0 Å². The van der Waals surface area contributed by atoms with Crippen LogP contribution < -0.4 is 5.32 Å². The van der Waals surface area contributed by atoms with Crippen LogP contribution in [0.4, 0.5) is 0 Å². The van der Waals surface area contributed by atoms with Crippen LogP contribution in [0.1, 0.15) is 45.6 Å². The second-order valence-corrected chi connectivity index (χ2v) is 6.17. The standard InChI is InChI=1S/C17H27N/c1-4-17(16-10-11-16,13-18-12-14(2)3)15-8-6-5-7-9-15/h5-9,14,16,18H,4,10-13H2,1-3H3. The molecule has 0 bridgehead atoms. The van der Waals surface area contributed by atoms with E-state index >= 15 is 0 Å². The molecule has 0 spiro atoms.